The molecule has 2 aliphatic heterocycles. The molecule has 4 heteroatoms. The zero-order valence-corrected chi connectivity index (χ0v) is 9.51. The van der Waals surface area contributed by atoms with E-state index in [-0.39, 0.29) is 12.0 Å². The standard InChI is InChI=1S/C13H15F2NO/c14-13(15)9-12(5-7-16-8-6-12)17-11-4-2-1-3-10(11)13/h1-4,16H,5-9H2. The molecule has 2 aliphatic rings. The van der Waals surface area contributed by atoms with Gasteiger partial charge in [0.15, 0.2) is 0 Å². The largest absolute Gasteiger partial charge is 0.486 e. The number of rotatable bonds is 0. The third kappa shape index (κ3) is 1.80. The summed E-state index contributed by atoms with van der Waals surface area (Å²) in [6.45, 7) is 1.50. The van der Waals surface area contributed by atoms with E-state index in [4.69, 9.17) is 4.74 Å². The van der Waals surface area contributed by atoms with Crippen LogP contribution in [0.1, 0.15) is 24.8 Å². The van der Waals surface area contributed by atoms with Crippen LogP contribution in [0.2, 0.25) is 0 Å². The van der Waals surface area contributed by atoms with Crippen LogP contribution < -0.4 is 10.1 Å². The molecule has 0 bridgehead atoms. The second-order valence-electron chi connectivity index (χ2n) is 4.91. The van der Waals surface area contributed by atoms with Crippen molar-refractivity contribution < 1.29 is 13.5 Å². The first-order chi connectivity index (χ1) is 8.11. The summed E-state index contributed by atoms with van der Waals surface area (Å²) in [5.74, 6) is -2.42. The summed E-state index contributed by atoms with van der Waals surface area (Å²) in [7, 11) is 0. The van der Waals surface area contributed by atoms with Gasteiger partial charge in [-0.05, 0) is 38.1 Å². The molecule has 1 aromatic rings. The van der Waals surface area contributed by atoms with Crippen molar-refractivity contribution in [1.82, 2.24) is 5.32 Å². The minimum Gasteiger partial charge on any atom is -0.486 e. The van der Waals surface area contributed by atoms with Gasteiger partial charge in [-0.1, -0.05) is 12.1 Å². The zero-order valence-electron chi connectivity index (χ0n) is 9.51. The molecule has 0 aliphatic carbocycles. The van der Waals surface area contributed by atoms with Crippen molar-refractivity contribution in [3.05, 3.63) is 29.8 Å². The molecule has 0 aromatic heterocycles. The Morgan fingerprint density at radius 2 is 1.82 bits per heavy atom. The Kier molecular flexibility index (Phi) is 2.36. The number of alkyl halides is 2. The molecule has 1 saturated heterocycles. The average molecular weight is 239 g/mol. The summed E-state index contributed by atoms with van der Waals surface area (Å²) < 4.78 is 34.1. The van der Waals surface area contributed by atoms with Crippen molar-refractivity contribution in [2.75, 3.05) is 13.1 Å². The summed E-state index contributed by atoms with van der Waals surface area (Å²) in [5.41, 5.74) is -0.646. The van der Waals surface area contributed by atoms with E-state index in [1.54, 1.807) is 18.2 Å². The number of nitrogens with one attached hydrogen (secondary N) is 1. The SMILES string of the molecule is FC1(F)CC2(CCNCC2)Oc2ccccc21. The Hall–Kier alpha value is -1.16. The number of piperidine rings is 1. The Bertz CT molecular complexity index is 427. The molecule has 0 atom stereocenters. The topological polar surface area (TPSA) is 21.3 Å². The van der Waals surface area contributed by atoms with Crippen LogP contribution in [0.25, 0.3) is 0 Å². The van der Waals surface area contributed by atoms with Crippen LogP contribution in [0.15, 0.2) is 24.3 Å². The van der Waals surface area contributed by atoms with Crippen LogP contribution in [0.3, 0.4) is 0 Å². The minimum absolute atomic E-state index is 0.0316. The van der Waals surface area contributed by atoms with Crippen molar-refractivity contribution in [3.8, 4) is 5.75 Å². The molecule has 1 N–H and O–H groups in total. The lowest BCUT2D eigenvalue weighted by Gasteiger charge is -2.44. The fourth-order valence-corrected chi connectivity index (χ4v) is 2.79. The van der Waals surface area contributed by atoms with Crippen LogP contribution in [0, 0.1) is 0 Å². The van der Waals surface area contributed by atoms with Crippen LogP contribution in [-0.4, -0.2) is 18.7 Å². The molecule has 3 rings (SSSR count). The number of hydrogen-bond acceptors (Lipinski definition) is 2. The maximum absolute atomic E-state index is 14.1. The van der Waals surface area contributed by atoms with Gasteiger partial charge in [0.25, 0.3) is 5.92 Å². The number of para-hydroxylation sites is 1. The first-order valence-corrected chi connectivity index (χ1v) is 5.98. The molecule has 2 heterocycles. The van der Waals surface area contributed by atoms with E-state index < -0.39 is 11.5 Å². The highest BCUT2D eigenvalue weighted by atomic mass is 19.3. The quantitative estimate of drug-likeness (QED) is 0.751. The highest BCUT2D eigenvalue weighted by Crippen LogP contribution is 2.49. The molecular formula is C13H15F2NO. The second kappa shape index (κ2) is 3.67. The lowest BCUT2D eigenvalue weighted by molar-refractivity contribution is -0.116. The van der Waals surface area contributed by atoms with E-state index >= 15 is 0 Å². The minimum atomic E-state index is -2.77. The predicted molar refractivity (Wildman–Crippen MR) is 60.4 cm³/mol. The molecule has 17 heavy (non-hydrogen) atoms. The van der Waals surface area contributed by atoms with Gasteiger partial charge < -0.3 is 10.1 Å². The van der Waals surface area contributed by atoms with Crippen LogP contribution >= 0.6 is 0 Å². The first kappa shape index (κ1) is 11.0. The molecular weight excluding hydrogens is 224 g/mol. The van der Waals surface area contributed by atoms with Gasteiger partial charge in [-0.25, -0.2) is 8.78 Å². The summed E-state index contributed by atoms with van der Waals surface area (Å²) in [6, 6.07) is 6.49. The second-order valence-corrected chi connectivity index (χ2v) is 4.91. The molecule has 2 nitrogen and oxygen atoms in total. The predicted octanol–water partition coefficient (Wildman–Crippen LogP) is 2.68. The van der Waals surface area contributed by atoms with Gasteiger partial charge in [-0.3, -0.25) is 0 Å². The van der Waals surface area contributed by atoms with E-state index in [1.165, 1.54) is 6.07 Å². The fraction of sp³-hybridized carbons (Fsp3) is 0.538. The molecule has 92 valence electrons. The Labute approximate surface area is 99.0 Å². The van der Waals surface area contributed by atoms with Crippen LogP contribution in [-0.2, 0) is 5.92 Å². The normalized spacial score (nSPS) is 25.1. The summed E-state index contributed by atoms with van der Waals surface area (Å²) in [5, 5.41) is 3.18. The van der Waals surface area contributed by atoms with Gasteiger partial charge in [-0.15, -0.1) is 0 Å². The summed E-state index contributed by atoms with van der Waals surface area (Å²) in [4.78, 5) is 0. The van der Waals surface area contributed by atoms with Gasteiger partial charge in [0, 0.05) is 0 Å². The molecule has 1 fully saturated rings. The van der Waals surface area contributed by atoms with Crippen molar-refractivity contribution in [1.29, 1.82) is 0 Å². The van der Waals surface area contributed by atoms with Crippen molar-refractivity contribution in [2.24, 2.45) is 0 Å². The molecule has 0 radical (unpaired) electrons. The smallest absolute Gasteiger partial charge is 0.280 e. The Morgan fingerprint density at radius 1 is 1.12 bits per heavy atom. The van der Waals surface area contributed by atoms with Gasteiger partial charge in [0.1, 0.15) is 11.4 Å². The van der Waals surface area contributed by atoms with Crippen molar-refractivity contribution in [3.63, 3.8) is 0 Å². The molecule has 0 unspecified atom stereocenters. The van der Waals surface area contributed by atoms with Gasteiger partial charge in [0.2, 0.25) is 0 Å². The maximum Gasteiger partial charge on any atom is 0.280 e. The fourth-order valence-electron chi connectivity index (χ4n) is 2.79. The monoisotopic (exact) mass is 239 g/mol. The van der Waals surface area contributed by atoms with Gasteiger partial charge in [0.05, 0.1) is 12.0 Å². The maximum atomic E-state index is 14.1. The highest BCUT2D eigenvalue weighted by molar-refractivity contribution is 5.39. The van der Waals surface area contributed by atoms with Crippen LogP contribution in [0.5, 0.6) is 5.75 Å². The van der Waals surface area contributed by atoms with Crippen molar-refractivity contribution in [2.45, 2.75) is 30.8 Å². The average Bonchev–Trinajstić information content (AvgIpc) is 2.29. The molecule has 1 spiro atoms. The van der Waals surface area contributed by atoms with E-state index in [2.05, 4.69) is 5.32 Å². The van der Waals surface area contributed by atoms with E-state index in [1.807, 2.05) is 0 Å². The zero-order chi connectivity index (χ0) is 11.9. The van der Waals surface area contributed by atoms with Gasteiger partial charge >= 0.3 is 0 Å². The van der Waals surface area contributed by atoms with Crippen molar-refractivity contribution >= 4 is 0 Å². The molecule has 0 saturated carbocycles. The number of halogens is 2. The van der Waals surface area contributed by atoms with Crippen LogP contribution in [0.4, 0.5) is 8.78 Å². The summed E-state index contributed by atoms with van der Waals surface area (Å²) >= 11 is 0. The third-order valence-corrected chi connectivity index (χ3v) is 3.67. The lowest BCUT2D eigenvalue weighted by Crippen LogP contribution is -2.51. The summed E-state index contributed by atoms with van der Waals surface area (Å²) in [6.07, 6.45) is 1.10. The first-order valence-electron chi connectivity index (χ1n) is 5.98. The third-order valence-electron chi connectivity index (χ3n) is 3.67. The lowest BCUT2D eigenvalue weighted by atomic mass is 9.82. The highest BCUT2D eigenvalue weighted by Gasteiger charge is 2.50. The van der Waals surface area contributed by atoms with E-state index in [9.17, 15) is 8.78 Å². The number of ether oxygens (including phenoxy) is 1. The number of fused-ring (bicyclic) bond motifs is 1. The number of hydrogen-bond donors (Lipinski definition) is 1. The number of benzene rings is 1. The molecule has 0 amide bonds. The van der Waals surface area contributed by atoms with Gasteiger partial charge in [-0.2, -0.15) is 0 Å². The van der Waals surface area contributed by atoms with E-state index in [0.29, 0.717) is 18.6 Å². The Balaban J connectivity index is 2.00. The van der Waals surface area contributed by atoms with E-state index in [0.717, 1.165) is 13.1 Å². The Morgan fingerprint density at radius 3 is 2.59 bits per heavy atom. The molecule has 1 aromatic carbocycles.